The van der Waals surface area contributed by atoms with Crippen molar-refractivity contribution in [2.24, 2.45) is 10.7 Å². The van der Waals surface area contributed by atoms with Crippen molar-refractivity contribution in [3.63, 3.8) is 0 Å². The molecule has 0 unspecified atom stereocenters. The number of hydrogen-bond acceptors (Lipinski definition) is 5. The van der Waals surface area contributed by atoms with Gasteiger partial charge in [0, 0.05) is 49.4 Å². The van der Waals surface area contributed by atoms with Crippen LogP contribution in [0.25, 0.3) is 17.2 Å². The summed E-state index contributed by atoms with van der Waals surface area (Å²) in [6.07, 6.45) is 4.73. The Hall–Kier alpha value is -3.45. The maximum Gasteiger partial charge on any atom is 0.253 e. The van der Waals surface area contributed by atoms with E-state index in [1.54, 1.807) is 0 Å². The van der Waals surface area contributed by atoms with Crippen molar-refractivity contribution in [3.05, 3.63) is 59.2 Å². The number of rotatable bonds is 6. The lowest BCUT2D eigenvalue weighted by Crippen LogP contribution is -2.28. The quantitative estimate of drug-likeness (QED) is 0.610. The molecule has 2 heterocycles. The van der Waals surface area contributed by atoms with Gasteiger partial charge in [0.05, 0.1) is 5.69 Å². The van der Waals surface area contributed by atoms with Gasteiger partial charge in [0.15, 0.2) is 0 Å². The molecule has 0 saturated carbocycles. The Morgan fingerprint density at radius 2 is 1.78 bits per heavy atom. The van der Waals surface area contributed by atoms with E-state index in [4.69, 9.17) is 10.8 Å². The van der Waals surface area contributed by atoms with Crippen LogP contribution in [-0.4, -0.2) is 53.9 Å². The van der Waals surface area contributed by atoms with Gasteiger partial charge in [0.25, 0.3) is 5.91 Å². The summed E-state index contributed by atoms with van der Waals surface area (Å²) in [5, 5.41) is 11.7. The molecule has 0 aromatic heterocycles. The van der Waals surface area contributed by atoms with Gasteiger partial charge in [-0.1, -0.05) is 24.3 Å². The molecular formula is C25H28N4O3. The molecule has 7 heteroatoms. The summed E-state index contributed by atoms with van der Waals surface area (Å²) < 4.78 is 0. The minimum Gasteiger partial charge on any atom is -0.396 e. The van der Waals surface area contributed by atoms with Crippen molar-refractivity contribution in [1.29, 1.82) is 0 Å². The third-order valence-electron chi connectivity index (χ3n) is 5.77. The monoisotopic (exact) mass is 432 g/mol. The van der Waals surface area contributed by atoms with E-state index < -0.39 is 0 Å². The zero-order valence-corrected chi connectivity index (χ0v) is 18.0. The van der Waals surface area contributed by atoms with E-state index in [2.05, 4.69) is 10.3 Å². The van der Waals surface area contributed by atoms with Crippen LogP contribution >= 0.6 is 0 Å². The lowest BCUT2D eigenvalue weighted by atomic mass is 10.00. The molecule has 4 N–H and O–H groups in total. The first-order chi connectivity index (χ1) is 15.5. The number of carbonyl (C=O) groups is 2. The summed E-state index contributed by atoms with van der Waals surface area (Å²) in [6.45, 7) is 2.10. The lowest BCUT2D eigenvalue weighted by Gasteiger charge is -2.15. The number of hydrogen-bond donors (Lipinski definition) is 3. The highest BCUT2D eigenvalue weighted by atomic mass is 16.3. The van der Waals surface area contributed by atoms with Crippen molar-refractivity contribution >= 4 is 29.4 Å². The topological polar surface area (TPSA) is 108 Å². The zero-order chi connectivity index (χ0) is 22.5. The normalized spacial score (nSPS) is 15.5. The van der Waals surface area contributed by atoms with Crippen molar-refractivity contribution in [1.82, 2.24) is 10.2 Å². The first-order valence-electron chi connectivity index (χ1n) is 11.0. The second-order valence-electron chi connectivity index (χ2n) is 8.13. The second kappa shape index (κ2) is 9.78. The van der Waals surface area contributed by atoms with Gasteiger partial charge in [-0.05, 0) is 54.7 Å². The Labute approximate surface area is 187 Å². The Balaban J connectivity index is 1.55. The summed E-state index contributed by atoms with van der Waals surface area (Å²) in [7, 11) is 0. The fourth-order valence-electron chi connectivity index (χ4n) is 4.02. The number of amides is 2. The second-order valence-corrected chi connectivity index (χ2v) is 8.13. The molecule has 0 radical (unpaired) electrons. The molecule has 2 aromatic carbocycles. The maximum atomic E-state index is 12.6. The Morgan fingerprint density at radius 1 is 1.06 bits per heavy atom. The first-order valence-corrected chi connectivity index (χ1v) is 11.0. The Kier molecular flexibility index (Phi) is 6.66. The Morgan fingerprint density at radius 3 is 2.50 bits per heavy atom. The summed E-state index contributed by atoms with van der Waals surface area (Å²) in [5.74, 6) is 0.256. The first kappa shape index (κ1) is 21.8. The molecule has 4 rings (SSSR count). The molecule has 7 nitrogen and oxygen atoms in total. The van der Waals surface area contributed by atoms with Gasteiger partial charge < -0.3 is 21.1 Å². The zero-order valence-electron chi connectivity index (χ0n) is 18.0. The average Bonchev–Trinajstić information content (AvgIpc) is 3.28. The highest BCUT2D eigenvalue weighted by Crippen LogP contribution is 2.32. The van der Waals surface area contributed by atoms with Crippen LogP contribution in [0.4, 0.5) is 5.69 Å². The molecule has 2 aromatic rings. The van der Waals surface area contributed by atoms with Crippen LogP contribution in [0, 0.1) is 0 Å². The molecular weight excluding hydrogens is 404 g/mol. The van der Waals surface area contributed by atoms with Crippen molar-refractivity contribution in [2.45, 2.75) is 25.7 Å². The molecule has 1 fully saturated rings. The molecule has 0 spiro atoms. The molecule has 0 aliphatic carbocycles. The van der Waals surface area contributed by atoms with E-state index in [1.807, 2.05) is 53.4 Å². The Bertz CT molecular complexity index is 1070. The summed E-state index contributed by atoms with van der Waals surface area (Å²) in [6, 6.07) is 13.5. The number of carbonyl (C=O) groups excluding carboxylic acids is 2. The minimum atomic E-state index is -0.202. The number of amidine groups is 1. The number of nitrogens with two attached hydrogens (primary N) is 1. The van der Waals surface area contributed by atoms with Crippen molar-refractivity contribution in [2.75, 3.05) is 26.2 Å². The van der Waals surface area contributed by atoms with Crippen LogP contribution in [0.1, 0.15) is 41.6 Å². The van der Waals surface area contributed by atoms with Gasteiger partial charge >= 0.3 is 0 Å². The predicted molar refractivity (Wildman–Crippen MR) is 126 cm³/mol. The number of benzene rings is 2. The standard InChI is InChI=1S/C25H28N4O3/c26-23-16-21(24(31)27-10-3-13-30)14-20-9-8-19(15-22(20)28-23)17-4-6-18(7-5-17)25(32)29-11-1-2-12-29/h4-9,14-15,30H,1-3,10-13,16H2,(H2,26,28)(H,27,31). The fraction of sp³-hybridized carbons (Fsp3) is 0.320. The van der Waals surface area contributed by atoms with Crippen LogP contribution in [0.2, 0.25) is 0 Å². The molecule has 2 aliphatic rings. The molecule has 2 amide bonds. The van der Waals surface area contributed by atoms with E-state index in [0.717, 1.165) is 42.6 Å². The average molecular weight is 433 g/mol. The molecule has 2 aliphatic heterocycles. The van der Waals surface area contributed by atoms with E-state index in [1.165, 1.54) is 0 Å². The van der Waals surface area contributed by atoms with Gasteiger partial charge in [0.1, 0.15) is 5.84 Å². The number of nitrogens with one attached hydrogen (secondary N) is 1. The van der Waals surface area contributed by atoms with E-state index in [9.17, 15) is 9.59 Å². The van der Waals surface area contributed by atoms with Crippen LogP contribution in [0.5, 0.6) is 0 Å². The maximum absolute atomic E-state index is 12.6. The van der Waals surface area contributed by atoms with Crippen molar-refractivity contribution < 1.29 is 14.7 Å². The number of fused-ring (bicyclic) bond motifs is 1. The van der Waals surface area contributed by atoms with Crippen LogP contribution in [-0.2, 0) is 4.79 Å². The summed E-state index contributed by atoms with van der Waals surface area (Å²) >= 11 is 0. The smallest absolute Gasteiger partial charge is 0.253 e. The van der Waals surface area contributed by atoms with Crippen LogP contribution in [0.15, 0.2) is 53.0 Å². The molecule has 32 heavy (non-hydrogen) atoms. The molecule has 0 atom stereocenters. The number of aliphatic imine (C=N–C) groups is 1. The molecule has 1 saturated heterocycles. The number of nitrogens with zero attached hydrogens (tertiary/aromatic N) is 2. The van der Waals surface area contributed by atoms with Crippen LogP contribution in [0.3, 0.4) is 0 Å². The lowest BCUT2D eigenvalue weighted by molar-refractivity contribution is -0.117. The highest BCUT2D eigenvalue weighted by molar-refractivity contribution is 6.05. The summed E-state index contributed by atoms with van der Waals surface area (Å²) in [4.78, 5) is 31.4. The van der Waals surface area contributed by atoms with E-state index in [-0.39, 0.29) is 24.8 Å². The summed E-state index contributed by atoms with van der Waals surface area (Å²) in [5.41, 5.74) is 10.8. The van der Waals surface area contributed by atoms with Gasteiger partial charge in [0.2, 0.25) is 5.91 Å². The van der Waals surface area contributed by atoms with E-state index >= 15 is 0 Å². The van der Waals surface area contributed by atoms with Gasteiger partial charge in [-0.3, -0.25) is 9.59 Å². The minimum absolute atomic E-state index is 0.0297. The van der Waals surface area contributed by atoms with Gasteiger partial charge in [-0.25, -0.2) is 4.99 Å². The van der Waals surface area contributed by atoms with Crippen LogP contribution < -0.4 is 11.1 Å². The number of aliphatic hydroxyl groups excluding tert-OH is 1. The largest absolute Gasteiger partial charge is 0.396 e. The predicted octanol–water partition coefficient (Wildman–Crippen LogP) is 2.86. The third kappa shape index (κ3) is 4.89. The SMILES string of the molecule is NC1=Nc2cc(-c3ccc(C(=O)N4CCCC4)cc3)ccc2C=C(C(=O)NCCCO)C1. The van der Waals surface area contributed by atoms with Gasteiger partial charge in [-0.2, -0.15) is 0 Å². The van der Waals surface area contributed by atoms with E-state index in [0.29, 0.717) is 35.6 Å². The number of likely N-dealkylation sites (tertiary alicyclic amines) is 1. The molecule has 166 valence electrons. The fourth-order valence-corrected chi connectivity index (χ4v) is 4.02. The highest BCUT2D eigenvalue weighted by Gasteiger charge is 2.20. The molecule has 0 bridgehead atoms. The number of aliphatic hydroxyl groups is 1. The van der Waals surface area contributed by atoms with Crippen molar-refractivity contribution in [3.8, 4) is 11.1 Å². The third-order valence-corrected chi connectivity index (χ3v) is 5.77. The van der Waals surface area contributed by atoms with Gasteiger partial charge in [-0.15, -0.1) is 0 Å².